The summed E-state index contributed by atoms with van der Waals surface area (Å²) >= 11 is 7.57. The first-order valence-electron chi connectivity index (χ1n) is 9.64. The number of nitrogens with zero attached hydrogens (tertiary/aromatic N) is 1. The Hall–Kier alpha value is -0.540. The number of hydrogen-bond acceptors (Lipinski definition) is 2. The van der Waals surface area contributed by atoms with Crippen LogP contribution < -0.4 is 0 Å². The summed E-state index contributed by atoms with van der Waals surface area (Å²) in [5.41, 5.74) is 2.68. The maximum atomic E-state index is 5.75. The second-order valence-electron chi connectivity index (χ2n) is 6.65. The van der Waals surface area contributed by atoms with E-state index in [-0.39, 0.29) is 0 Å². The predicted molar refractivity (Wildman–Crippen MR) is 115 cm³/mol. The molecular weight excluding hydrogens is 330 g/mol. The van der Waals surface area contributed by atoms with Gasteiger partial charge in [-0.25, -0.2) is 0 Å². The Morgan fingerprint density at radius 2 is 1.42 bits per heavy atom. The van der Waals surface area contributed by atoms with Gasteiger partial charge in [-0.05, 0) is 25.3 Å². The fraction of sp³-hybridized carbons (Fsp3) is 0.667. The molecule has 0 aliphatic carbocycles. The lowest BCUT2D eigenvalue weighted by atomic mass is 10.2. The van der Waals surface area contributed by atoms with E-state index in [0.29, 0.717) is 0 Å². The zero-order valence-corrected chi connectivity index (χ0v) is 17.5. The second-order valence-corrected chi connectivity index (χ2v) is 8.26. The van der Waals surface area contributed by atoms with Gasteiger partial charge in [-0.3, -0.25) is 0 Å². The number of thioether (sulfide) groups is 1. The molecule has 0 unspecified atom stereocenters. The lowest BCUT2D eigenvalue weighted by molar-refractivity contribution is 0.398. The summed E-state index contributed by atoms with van der Waals surface area (Å²) in [6.45, 7) is 8.93. The molecule has 0 radical (unpaired) electrons. The molecule has 0 atom stereocenters. The molecule has 1 aromatic rings. The van der Waals surface area contributed by atoms with Crippen LogP contribution in [0.2, 0.25) is 0 Å². The van der Waals surface area contributed by atoms with Crippen molar-refractivity contribution in [3.05, 3.63) is 35.4 Å². The zero-order chi connectivity index (χ0) is 17.6. The van der Waals surface area contributed by atoms with Crippen molar-refractivity contribution in [2.45, 2.75) is 77.9 Å². The first-order valence-corrected chi connectivity index (χ1v) is 11.0. The van der Waals surface area contributed by atoms with Crippen LogP contribution in [-0.2, 0) is 5.75 Å². The van der Waals surface area contributed by atoms with E-state index in [1.54, 1.807) is 0 Å². The Labute approximate surface area is 159 Å². The van der Waals surface area contributed by atoms with Crippen LogP contribution in [0.1, 0.15) is 76.3 Å². The van der Waals surface area contributed by atoms with Crippen LogP contribution >= 0.6 is 24.0 Å². The van der Waals surface area contributed by atoms with Crippen molar-refractivity contribution >= 4 is 28.3 Å². The third-order valence-electron chi connectivity index (χ3n) is 4.30. The molecule has 1 nitrogen and oxygen atoms in total. The number of thiocarbonyl (C=S) groups is 1. The minimum absolute atomic E-state index is 0.986. The van der Waals surface area contributed by atoms with E-state index in [1.807, 2.05) is 11.8 Å². The number of hydrogen-bond donors (Lipinski definition) is 0. The summed E-state index contributed by atoms with van der Waals surface area (Å²) in [5, 5.41) is 0. The molecule has 0 aliphatic heterocycles. The molecule has 1 rings (SSSR count). The third kappa shape index (κ3) is 9.68. The fourth-order valence-electron chi connectivity index (χ4n) is 2.67. The van der Waals surface area contributed by atoms with E-state index in [1.165, 1.54) is 62.5 Å². The first kappa shape index (κ1) is 21.5. The monoisotopic (exact) mass is 365 g/mol. The van der Waals surface area contributed by atoms with Gasteiger partial charge in [0.2, 0.25) is 0 Å². The minimum Gasteiger partial charge on any atom is -0.358 e. The molecule has 3 heteroatoms. The van der Waals surface area contributed by atoms with E-state index < -0.39 is 0 Å². The number of aryl methyl sites for hydroxylation is 1. The maximum Gasteiger partial charge on any atom is 0.136 e. The second kappa shape index (κ2) is 13.7. The highest BCUT2D eigenvalue weighted by Crippen LogP contribution is 2.19. The smallest absolute Gasteiger partial charge is 0.136 e. The zero-order valence-electron chi connectivity index (χ0n) is 15.9. The van der Waals surface area contributed by atoms with Gasteiger partial charge in [0.15, 0.2) is 0 Å². The molecule has 136 valence electrons. The van der Waals surface area contributed by atoms with Crippen LogP contribution in [-0.4, -0.2) is 22.3 Å². The van der Waals surface area contributed by atoms with Gasteiger partial charge in [0.1, 0.15) is 4.32 Å². The van der Waals surface area contributed by atoms with Gasteiger partial charge in [0.05, 0.1) is 0 Å². The first-order chi connectivity index (χ1) is 11.7. The predicted octanol–water partition coefficient (Wildman–Crippen LogP) is 6.98. The summed E-state index contributed by atoms with van der Waals surface area (Å²) in [7, 11) is 0. The largest absolute Gasteiger partial charge is 0.358 e. The quantitative estimate of drug-likeness (QED) is 0.291. The topological polar surface area (TPSA) is 3.24 Å². The summed E-state index contributed by atoms with van der Waals surface area (Å²) in [5.74, 6) is 0.986. The Bertz CT molecular complexity index is 430. The van der Waals surface area contributed by atoms with Gasteiger partial charge >= 0.3 is 0 Å². The van der Waals surface area contributed by atoms with E-state index in [0.717, 1.165) is 23.2 Å². The van der Waals surface area contributed by atoms with E-state index in [4.69, 9.17) is 12.2 Å². The van der Waals surface area contributed by atoms with Crippen LogP contribution in [0.4, 0.5) is 0 Å². The van der Waals surface area contributed by atoms with Crippen molar-refractivity contribution in [2.24, 2.45) is 0 Å². The van der Waals surface area contributed by atoms with Crippen molar-refractivity contribution in [2.75, 3.05) is 13.1 Å². The van der Waals surface area contributed by atoms with Crippen LogP contribution in [0.3, 0.4) is 0 Å². The lowest BCUT2D eigenvalue weighted by Gasteiger charge is -2.25. The Morgan fingerprint density at radius 3 is 1.92 bits per heavy atom. The SMILES string of the molecule is CCCCCCN(CCCCCC)C(=S)SCc1ccc(C)cc1. The minimum atomic E-state index is 0.986. The normalized spacial score (nSPS) is 10.8. The number of rotatable bonds is 12. The molecule has 0 aliphatic rings. The Morgan fingerprint density at radius 1 is 0.875 bits per heavy atom. The van der Waals surface area contributed by atoms with E-state index >= 15 is 0 Å². The van der Waals surface area contributed by atoms with Gasteiger partial charge in [-0.1, -0.05) is 106 Å². The van der Waals surface area contributed by atoms with E-state index in [2.05, 4.69) is 49.9 Å². The number of benzene rings is 1. The Kier molecular flexibility index (Phi) is 12.3. The maximum absolute atomic E-state index is 5.75. The molecule has 0 spiro atoms. The average molecular weight is 366 g/mol. The molecule has 0 aromatic heterocycles. The van der Waals surface area contributed by atoms with Crippen molar-refractivity contribution in [3.63, 3.8) is 0 Å². The lowest BCUT2D eigenvalue weighted by Crippen LogP contribution is -2.29. The highest BCUT2D eigenvalue weighted by Gasteiger charge is 2.10. The molecule has 0 saturated heterocycles. The van der Waals surface area contributed by atoms with Gasteiger partial charge in [-0.15, -0.1) is 0 Å². The third-order valence-corrected chi connectivity index (χ3v) is 5.90. The van der Waals surface area contributed by atoms with Crippen molar-refractivity contribution in [3.8, 4) is 0 Å². The average Bonchev–Trinajstić information content (AvgIpc) is 2.59. The highest BCUT2D eigenvalue weighted by molar-refractivity contribution is 8.22. The van der Waals surface area contributed by atoms with Gasteiger partial charge in [0.25, 0.3) is 0 Å². The van der Waals surface area contributed by atoms with Gasteiger partial charge < -0.3 is 4.90 Å². The summed E-state index contributed by atoms with van der Waals surface area (Å²) in [6.07, 6.45) is 10.5. The summed E-state index contributed by atoms with van der Waals surface area (Å²) in [6, 6.07) is 8.81. The molecule has 0 amide bonds. The van der Waals surface area contributed by atoms with Gasteiger partial charge in [0, 0.05) is 18.8 Å². The van der Waals surface area contributed by atoms with Gasteiger partial charge in [-0.2, -0.15) is 0 Å². The molecule has 0 saturated carbocycles. The molecule has 0 heterocycles. The molecule has 1 aromatic carbocycles. The molecular formula is C21H35NS2. The molecule has 0 bridgehead atoms. The van der Waals surface area contributed by atoms with E-state index in [9.17, 15) is 0 Å². The summed E-state index contributed by atoms with van der Waals surface area (Å²) < 4.78 is 1.09. The number of unbranched alkanes of at least 4 members (excludes halogenated alkanes) is 6. The fourth-order valence-corrected chi connectivity index (χ4v) is 3.88. The van der Waals surface area contributed by atoms with Crippen molar-refractivity contribution in [1.82, 2.24) is 4.90 Å². The molecule has 0 fully saturated rings. The van der Waals surface area contributed by atoms with Crippen molar-refractivity contribution < 1.29 is 0 Å². The summed E-state index contributed by atoms with van der Waals surface area (Å²) in [4.78, 5) is 2.46. The molecule has 0 N–H and O–H groups in total. The van der Waals surface area contributed by atoms with Crippen LogP contribution in [0.15, 0.2) is 24.3 Å². The standard InChI is InChI=1S/C21H35NS2/c1-4-6-8-10-16-22(17-11-9-7-5-2)21(23)24-18-20-14-12-19(3)13-15-20/h12-15H,4-11,16-18H2,1-3H3. The Balaban J connectivity index is 2.42. The van der Waals surface area contributed by atoms with Crippen LogP contribution in [0.5, 0.6) is 0 Å². The van der Waals surface area contributed by atoms with Crippen molar-refractivity contribution in [1.29, 1.82) is 0 Å². The molecule has 24 heavy (non-hydrogen) atoms. The van der Waals surface area contributed by atoms with Crippen LogP contribution in [0, 0.1) is 6.92 Å². The van der Waals surface area contributed by atoms with Crippen LogP contribution in [0.25, 0.3) is 0 Å². The highest BCUT2D eigenvalue weighted by atomic mass is 32.2.